The van der Waals surface area contributed by atoms with Crippen molar-refractivity contribution in [2.45, 2.75) is 44.1 Å². The van der Waals surface area contributed by atoms with E-state index in [0.717, 1.165) is 42.7 Å². The van der Waals surface area contributed by atoms with Gasteiger partial charge in [-0.15, -0.1) is 6.58 Å². The molecule has 0 aromatic heterocycles. The highest BCUT2D eigenvalue weighted by Gasteiger charge is 2.36. The zero-order chi connectivity index (χ0) is 29.3. The average molecular weight is 567 g/mol. The Labute approximate surface area is 236 Å². The number of rotatable bonds is 9. The van der Waals surface area contributed by atoms with Crippen molar-refractivity contribution in [2.75, 3.05) is 24.3 Å². The number of hydrogen-bond acceptors (Lipinski definition) is 7. The summed E-state index contributed by atoms with van der Waals surface area (Å²) in [5.74, 6) is 1.37. The molecule has 10 heteroatoms. The van der Waals surface area contributed by atoms with Crippen molar-refractivity contribution in [3.05, 3.63) is 110 Å². The molecule has 216 valence electrons. The number of allylic oxidation sites excluding steroid dienone is 2. The first-order valence-electron chi connectivity index (χ1n) is 13.6. The Morgan fingerprint density at radius 3 is 2.54 bits per heavy atom. The molecule has 1 fully saturated rings. The van der Waals surface area contributed by atoms with E-state index in [1.165, 1.54) is 12.1 Å². The van der Waals surface area contributed by atoms with E-state index in [0.29, 0.717) is 17.6 Å². The summed E-state index contributed by atoms with van der Waals surface area (Å²) in [6.07, 6.45) is 8.95. The van der Waals surface area contributed by atoms with Gasteiger partial charge < -0.3 is 26.0 Å². The zero-order valence-corrected chi connectivity index (χ0v) is 22.8. The molecule has 2 aromatic carbocycles. The molecule has 2 heterocycles. The largest absolute Gasteiger partial charge is 0.497 e. The molecule has 1 saturated heterocycles. The molecule has 0 amide bonds. The van der Waals surface area contributed by atoms with Crippen LogP contribution in [0.4, 0.5) is 30.2 Å². The van der Waals surface area contributed by atoms with Crippen LogP contribution in [0.25, 0.3) is 0 Å². The van der Waals surface area contributed by atoms with E-state index in [9.17, 15) is 22.8 Å². The molecule has 7 nitrogen and oxygen atoms in total. The van der Waals surface area contributed by atoms with Gasteiger partial charge in [-0.3, -0.25) is 9.59 Å². The molecule has 0 saturated carbocycles. The number of halogens is 3. The third-order valence-corrected chi connectivity index (χ3v) is 8.22. The lowest BCUT2D eigenvalue weighted by Gasteiger charge is -2.40. The summed E-state index contributed by atoms with van der Waals surface area (Å²) < 4.78 is 44.5. The van der Waals surface area contributed by atoms with Crippen molar-refractivity contribution in [3.63, 3.8) is 0 Å². The van der Waals surface area contributed by atoms with Gasteiger partial charge in [0.1, 0.15) is 17.1 Å². The first-order chi connectivity index (χ1) is 19.6. The number of ether oxygens (including phenoxy) is 1. The summed E-state index contributed by atoms with van der Waals surface area (Å²) in [5.41, 5.74) is 0.125. The molecule has 0 radical (unpaired) electrons. The van der Waals surface area contributed by atoms with E-state index in [1.54, 1.807) is 7.11 Å². The van der Waals surface area contributed by atoms with Crippen molar-refractivity contribution >= 4 is 17.1 Å². The van der Waals surface area contributed by atoms with Gasteiger partial charge >= 0.3 is 6.18 Å². The number of anilines is 3. The number of nitrogens with one attached hydrogen (secondary N) is 4. The molecule has 0 spiro atoms. The van der Waals surface area contributed by atoms with Crippen molar-refractivity contribution in [1.29, 1.82) is 0 Å². The molecule has 5 rings (SSSR count). The van der Waals surface area contributed by atoms with E-state index in [2.05, 4.69) is 34.8 Å². The molecule has 2 aromatic rings. The topological polar surface area (TPSA) is 91.5 Å². The lowest BCUT2D eigenvalue weighted by atomic mass is 9.78. The standard InChI is InChI=1S/C31H33F3N4O3/c1-4-17(2)18-11-13-36-25(15-18)26(22-12-14-35-24-10-9-21(41-3)16-23(22)24)38-28-27(29(39)30(28)40)37-20-7-5-19(6-8-20)31(32,33)34/h4-10,12,14,16-18,24-26,35-38H,1,11,13,15H2,2-3H3/t17?,18?,24?,25-,26-/m0/s1. The Balaban J connectivity index is 1.51. The summed E-state index contributed by atoms with van der Waals surface area (Å²) >= 11 is 0. The number of piperidine rings is 1. The van der Waals surface area contributed by atoms with E-state index in [-0.39, 0.29) is 29.1 Å². The van der Waals surface area contributed by atoms with Gasteiger partial charge in [0, 0.05) is 11.7 Å². The van der Waals surface area contributed by atoms with Gasteiger partial charge in [-0.25, -0.2) is 0 Å². The van der Waals surface area contributed by atoms with Gasteiger partial charge in [0.15, 0.2) is 0 Å². The maximum atomic E-state index is 13.0. The van der Waals surface area contributed by atoms with Gasteiger partial charge in [-0.2, -0.15) is 13.2 Å². The molecule has 41 heavy (non-hydrogen) atoms. The highest BCUT2D eigenvalue weighted by Crippen LogP contribution is 2.35. The monoisotopic (exact) mass is 566 g/mol. The lowest BCUT2D eigenvalue weighted by Crippen LogP contribution is -2.53. The molecular formula is C31H33F3N4O3. The Morgan fingerprint density at radius 2 is 1.85 bits per heavy atom. The van der Waals surface area contributed by atoms with Crippen molar-refractivity contribution < 1.29 is 17.9 Å². The molecule has 5 atom stereocenters. The summed E-state index contributed by atoms with van der Waals surface area (Å²) in [6.45, 7) is 6.90. The van der Waals surface area contributed by atoms with Crippen LogP contribution < -0.4 is 32.1 Å². The zero-order valence-electron chi connectivity index (χ0n) is 22.8. The highest BCUT2D eigenvalue weighted by atomic mass is 19.4. The highest BCUT2D eigenvalue weighted by molar-refractivity contribution is 5.79. The average Bonchev–Trinajstić information content (AvgIpc) is 2.99. The Morgan fingerprint density at radius 1 is 1.12 bits per heavy atom. The van der Waals surface area contributed by atoms with Gasteiger partial charge in [-0.05, 0) is 91.1 Å². The van der Waals surface area contributed by atoms with Crippen LogP contribution in [0.5, 0.6) is 0 Å². The fraction of sp³-hybridized carbons (Fsp3) is 0.355. The van der Waals surface area contributed by atoms with Crippen LogP contribution in [0.1, 0.15) is 25.3 Å². The van der Waals surface area contributed by atoms with Crippen LogP contribution in [0, 0.1) is 11.8 Å². The predicted octanol–water partition coefficient (Wildman–Crippen LogP) is 4.90. The minimum absolute atomic E-state index is 0.0308. The van der Waals surface area contributed by atoms with Crippen molar-refractivity contribution in [1.82, 2.24) is 10.6 Å². The van der Waals surface area contributed by atoms with E-state index >= 15 is 0 Å². The molecule has 3 aliphatic rings. The quantitative estimate of drug-likeness (QED) is 0.254. The Hall–Kier alpha value is -4.05. The number of fused-ring (bicyclic) bond motifs is 1. The SMILES string of the molecule is C=CC(C)C1CCN[C@H]([C@@H](Nc2c(Nc3ccc(C(F)(F)F)cc3)c(=O)c2=O)C2=C3C=C(OC)C=CC3NC=C2)C1. The van der Waals surface area contributed by atoms with E-state index in [1.807, 2.05) is 36.6 Å². The number of alkyl halides is 3. The fourth-order valence-corrected chi connectivity index (χ4v) is 5.73. The molecule has 4 N–H and O–H groups in total. The third-order valence-electron chi connectivity index (χ3n) is 8.22. The van der Waals surface area contributed by atoms with Crippen LogP contribution in [0.3, 0.4) is 0 Å². The van der Waals surface area contributed by atoms with Crippen LogP contribution >= 0.6 is 0 Å². The summed E-state index contributed by atoms with van der Waals surface area (Å²) in [7, 11) is 1.60. The van der Waals surface area contributed by atoms with Crippen LogP contribution in [0.2, 0.25) is 0 Å². The lowest BCUT2D eigenvalue weighted by molar-refractivity contribution is -0.137. The molecule has 0 bridgehead atoms. The van der Waals surface area contributed by atoms with Crippen LogP contribution in [-0.2, 0) is 10.9 Å². The Kier molecular flexibility index (Phi) is 7.95. The van der Waals surface area contributed by atoms with Gasteiger partial charge in [0.25, 0.3) is 10.9 Å². The first kappa shape index (κ1) is 28.5. The van der Waals surface area contributed by atoms with E-state index in [4.69, 9.17) is 4.74 Å². The Bertz CT molecular complexity index is 1500. The second-order valence-electron chi connectivity index (χ2n) is 10.7. The maximum absolute atomic E-state index is 13.0. The fourth-order valence-electron chi connectivity index (χ4n) is 5.73. The van der Waals surface area contributed by atoms with Crippen molar-refractivity contribution in [2.24, 2.45) is 11.8 Å². The third kappa shape index (κ3) is 5.74. The number of methoxy groups -OCH3 is 1. The minimum Gasteiger partial charge on any atom is -0.497 e. The van der Waals surface area contributed by atoms with Gasteiger partial charge in [-0.1, -0.05) is 19.1 Å². The maximum Gasteiger partial charge on any atom is 0.416 e. The summed E-state index contributed by atoms with van der Waals surface area (Å²) in [5, 5.41) is 13.2. The molecule has 2 aliphatic heterocycles. The van der Waals surface area contributed by atoms with Crippen molar-refractivity contribution in [3.8, 4) is 0 Å². The predicted molar refractivity (Wildman–Crippen MR) is 155 cm³/mol. The minimum atomic E-state index is -4.48. The number of hydrogen-bond donors (Lipinski definition) is 4. The van der Waals surface area contributed by atoms with Gasteiger partial charge in [0.2, 0.25) is 0 Å². The second kappa shape index (κ2) is 11.4. The van der Waals surface area contributed by atoms with Crippen LogP contribution in [-0.4, -0.2) is 31.8 Å². The van der Waals surface area contributed by atoms with Gasteiger partial charge in [0.05, 0.1) is 24.8 Å². The number of benzene rings is 1. The number of dihydropyridines is 1. The first-order valence-corrected chi connectivity index (χ1v) is 13.6. The smallest absolute Gasteiger partial charge is 0.416 e. The molecule has 3 unspecified atom stereocenters. The molecular weight excluding hydrogens is 533 g/mol. The second-order valence-corrected chi connectivity index (χ2v) is 10.7. The normalized spacial score (nSPS) is 23.7. The summed E-state index contributed by atoms with van der Waals surface area (Å²) in [4.78, 5) is 25.5. The van der Waals surface area contributed by atoms with E-state index < -0.39 is 28.6 Å². The van der Waals surface area contributed by atoms with Crippen LogP contribution in [0.15, 0.2) is 93.9 Å². The summed E-state index contributed by atoms with van der Waals surface area (Å²) in [6, 6.07) is 3.75. The molecule has 1 aliphatic carbocycles.